The molecule has 0 radical (unpaired) electrons. The number of hydrogen-bond acceptors (Lipinski definition) is 2. The van der Waals surface area contributed by atoms with Crippen LogP contribution in [0.3, 0.4) is 0 Å². The zero-order valence-corrected chi connectivity index (χ0v) is 10.4. The first kappa shape index (κ1) is 11.8. The predicted molar refractivity (Wildman–Crippen MR) is 66.0 cm³/mol. The van der Waals surface area contributed by atoms with E-state index in [1.54, 1.807) is 0 Å². The van der Waals surface area contributed by atoms with Gasteiger partial charge in [-0.05, 0) is 37.1 Å². The third-order valence-electron chi connectivity index (χ3n) is 2.42. The normalized spacial score (nSPS) is 24.5. The minimum atomic E-state index is 0. The van der Waals surface area contributed by atoms with Gasteiger partial charge in [-0.1, -0.05) is 15.9 Å². The van der Waals surface area contributed by atoms with E-state index in [2.05, 4.69) is 40.3 Å². The molecule has 14 heavy (non-hydrogen) atoms. The first-order valence-corrected chi connectivity index (χ1v) is 5.27. The molecule has 0 saturated heterocycles. The largest absolute Gasteiger partial charge is 0.382 e. The molecule has 0 aromatic heterocycles. The number of nitrogens with one attached hydrogen (secondary N) is 1. The average Bonchev–Trinajstić information content (AvgIpc) is 2.06. The van der Waals surface area contributed by atoms with E-state index in [0.717, 1.165) is 10.9 Å². The Balaban J connectivity index is 0.000000980. The van der Waals surface area contributed by atoms with Crippen LogP contribution in [0.1, 0.15) is 24.9 Å². The van der Waals surface area contributed by atoms with Crippen molar-refractivity contribution in [1.82, 2.24) is 0 Å². The van der Waals surface area contributed by atoms with Crippen LogP contribution >= 0.6 is 28.3 Å². The Morgan fingerprint density at radius 2 is 2.21 bits per heavy atom. The maximum Gasteiger partial charge on any atom is 0.0391 e. The van der Waals surface area contributed by atoms with Crippen LogP contribution in [-0.2, 0) is 0 Å². The second kappa shape index (κ2) is 4.51. The molecule has 2 rings (SSSR count). The average molecular weight is 278 g/mol. The second-order valence-electron chi connectivity index (χ2n) is 3.62. The van der Waals surface area contributed by atoms with E-state index >= 15 is 0 Å². The van der Waals surface area contributed by atoms with Gasteiger partial charge >= 0.3 is 0 Å². The molecule has 0 spiro atoms. The maximum absolute atomic E-state index is 6.04. The van der Waals surface area contributed by atoms with Crippen molar-refractivity contribution in [2.75, 3.05) is 5.32 Å². The molecule has 2 nitrogen and oxygen atoms in total. The highest BCUT2D eigenvalue weighted by Gasteiger charge is 2.20. The Labute approximate surface area is 98.8 Å². The number of rotatable bonds is 0. The molecule has 0 aliphatic carbocycles. The standard InChI is InChI=1S/C10H13BrN2.ClH/c1-6-4-9(12)8-5-7(11)2-3-10(8)13-6;/h2-3,5-6,9,13H,4,12H2,1H3;1H/t6-,9+;/m0./s1. The summed E-state index contributed by atoms with van der Waals surface area (Å²) in [5.41, 5.74) is 8.44. The molecule has 1 aromatic carbocycles. The van der Waals surface area contributed by atoms with Crippen molar-refractivity contribution in [2.24, 2.45) is 5.73 Å². The second-order valence-corrected chi connectivity index (χ2v) is 4.53. The fraction of sp³-hybridized carbons (Fsp3) is 0.400. The van der Waals surface area contributed by atoms with Gasteiger partial charge < -0.3 is 11.1 Å². The lowest BCUT2D eigenvalue weighted by Crippen LogP contribution is -2.29. The molecular weight excluding hydrogens is 263 g/mol. The van der Waals surface area contributed by atoms with Crippen LogP contribution in [-0.4, -0.2) is 6.04 Å². The molecule has 3 N–H and O–H groups in total. The summed E-state index contributed by atoms with van der Waals surface area (Å²) in [5.74, 6) is 0. The smallest absolute Gasteiger partial charge is 0.0391 e. The molecule has 0 fully saturated rings. The van der Waals surface area contributed by atoms with Gasteiger partial charge in [0.05, 0.1) is 0 Å². The zero-order valence-electron chi connectivity index (χ0n) is 7.96. The Kier molecular flexibility index (Phi) is 3.81. The van der Waals surface area contributed by atoms with E-state index in [-0.39, 0.29) is 18.4 Å². The lowest BCUT2D eigenvalue weighted by Gasteiger charge is -2.29. The van der Waals surface area contributed by atoms with Gasteiger partial charge in [0, 0.05) is 22.2 Å². The van der Waals surface area contributed by atoms with Gasteiger partial charge in [0.1, 0.15) is 0 Å². The van der Waals surface area contributed by atoms with Crippen LogP contribution in [0.25, 0.3) is 0 Å². The highest BCUT2D eigenvalue weighted by atomic mass is 79.9. The Morgan fingerprint density at radius 3 is 2.93 bits per heavy atom. The topological polar surface area (TPSA) is 38.0 Å². The fourth-order valence-electron chi connectivity index (χ4n) is 1.80. The Hall–Kier alpha value is -0.250. The molecule has 0 amide bonds. The molecule has 1 heterocycles. The molecule has 4 heteroatoms. The van der Waals surface area contributed by atoms with Crippen LogP contribution < -0.4 is 11.1 Å². The third-order valence-corrected chi connectivity index (χ3v) is 2.92. The van der Waals surface area contributed by atoms with Gasteiger partial charge in [0.2, 0.25) is 0 Å². The Morgan fingerprint density at radius 1 is 1.50 bits per heavy atom. The van der Waals surface area contributed by atoms with Crippen molar-refractivity contribution in [2.45, 2.75) is 25.4 Å². The first-order valence-electron chi connectivity index (χ1n) is 4.48. The lowest BCUT2D eigenvalue weighted by atomic mass is 9.95. The molecular formula is C10H14BrClN2. The molecule has 0 unspecified atom stereocenters. The van der Waals surface area contributed by atoms with Crippen LogP contribution in [0.15, 0.2) is 22.7 Å². The van der Waals surface area contributed by atoms with Gasteiger partial charge in [0.15, 0.2) is 0 Å². The molecule has 2 atom stereocenters. The van der Waals surface area contributed by atoms with Crippen molar-refractivity contribution in [3.63, 3.8) is 0 Å². The number of hydrogen-bond donors (Lipinski definition) is 2. The summed E-state index contributed by atoms with van der Waals surface area (Å²) in [5, 5.41) is 3.42. The highest BCUT2D eigenvalue weighted by molar-refractivity contribution is 9.10. The van der Waals surface area contributed by atoms with Crippen molar-refractivity contribution in [3.05, 3.63) is 28.2 Å². The monoisotopic (exact) mass is 276 g/mol. The van der Waals surface area contributed by atoms with E-state index in [1.807, 2.05) is 6.07 Å². The Bertz CT molecular complexity index is 330. The summed E-state index contributed by atoms with van der Waals surface area (Å²) in [7, 11) is 0. The van der Waals surface area contributed by atoms with Crippen LogP contribution in [0.4, 0.5) is 5.69 Å². The summed E-state index contributed by atoms with van der Waals surface area (Å²) < 4.78 is 1.10. The predicted octanol–water partition coefficient (Wildman–Crippen LogP) is 3.07. The fourth-order valence-corrected chi connectivity index (χ4v) is 2.18. The van der Waals surface area contributed by atoms with Crippen LogP contribution in [0.2, 0.25) is 0 Å². The molecule has 1 aromatic rings. The molecule has 1 aliphatic heterocycles. The maximum atomic E-state index is 6.04. The van der Waals surface area contributed by atoms with E-state index in [1.165, 1.54) is 11.3 Å². The SMILES string of the molecule is C[C@H]1C[C@@H](N)c2cc(Br)ccc2N1.Cl. The number of benzene rings is 1. The summed E-state index contributed by atoms with van der Waals surface area (Å²) in [6, 6.07) is 6.86. The van der Waals surface area contributed by atoms with E-state index < -0.39 is 0 Å². The molecule has 78 valence electrons. The quantitative estimate of drug-likeness (QED) is 0.765. The third kappa shape index (κ3) is 2.22. The van der Waals surface area contributed by atoms with Gasteiger partial charge in [-0.3, -0.25) is 0 Å². The van der Waals surface area contributed by atoms with Gasteiger partial charge in [-0.25, -0.2) is 0 Å². The number of anilines is 1. The van der Waals surface area contributed by atoms with Gasteiger partial charge in [0.25, 0.3) is 0 Å². The minimum absolute atomic E-state index is 0. The van der Waals surface area contributed by atoms with Gasteiger partial charge in [-0.2, -0.15) is 0 Å². The summed E-state index contributed by atoms with van der Waals surface area (Å²) in [6.45, 7) is 2.16. The number of halogens is 2. The van der Waals surface area contributed by atoms with Crippen LogP contribution in [0.5, 0.6) is 0 Å². The van der Waals surface area contributed by atoms with Gasteiger partial charge in [-0.15, -0.1) is 12.4 Å². The highest BCUT2D eigenvalue weighted by Crippen LogP contribution is 2.32. The number of fused-ring (bicyclic) bond motifs is 1. The van der Waals surface area contributed by atoms with E-state index in [0.29, 0.717) is 6.04 Å². The summed E-state index contributed by atoms with van der Waals surface area (Å²) >= 11 is 3.45. The summed E-state index contributed by atoms with van der Waals surface area (Å²) in [6.07, 6.45) is 1.00. The van der Waals surface area contributed by atoms with E-state index in [9.17, 15) is 0 Å². The molecule has 0 saturated carbocycles. The van der Waals surface area contributed by atoms with Crippen molar-refractivity contribution < 1.29 is 0 Å². The first-order chi connectivity index (χ1) is 6.16. The number of nitrogens with two attached hydrogens (primary N) is 1. The molecule has 0 bridgehead atoms. The van der Waals surface area contributed by atoms with Crippen molar-refractivity contribution in [3.8, 4) is 0 Å². The van der Waals surface area contributed by atoms with Crippen molar-refractivity contribution >= 4 is 34.0 Å². The molecule has 1 aliphatic rings. The summed E-state index contributed by atoms with van der Waals surface area (Å²) in [4.78, 5) is 0. The lowest BCUT2D eigenvalue weighted by molar-refractivity contribution is 0.570. The minimum Gasteiger partial charge on any atom is -0.382 e. The van der Waals surface area contributed by atoms with Crippen molar-refractivity contribution in [1.29, 1.82) is 0 Å². The van der Waals surface area contributed by atoms with Crippen LogP contribution in [0, 0.1) is 0 Å². The zero-order chi connectivity index (χ0) is 9.42. The van der Waals surface area contributed by atoms with E-state index in [4.69, 9.17) is 5.73 Å².